The van der Waals surface area contributed by atoms with Crippen LogP contribution in [0.25, 0.3) is 11.1 Å². The second-order valence-corrected chi connectivity index (χ2v) is 16.8. The Labute approximate surface area is 323 Å². The zero-order valence-corrected chi connectivity index (χ0v) is 33.9. The van der Waals surface area contributed by atoms with Crippen LogP contribution in [-0.4, -0.2) is 120 Å². The summed E-state index contributed by atoms with van der Waals surface area (Å²) in [6.07, 6.45) is -3.65. The summed E-state index contributed by atoms with van der Waals surface area (Å²) in [5.74, 6) is -2.64. The number of nitrogens with zero attached hydrogens (tertiary/aromatic N) is 3. The fourth-order valence-electron chi connectivity index (χ4n) is 9.23. The molecular formula is C40H60N4O11. The minimum Gasteiger partial charge on any atom is -0.459 e. The molecule has 0 saturated carbocycles. The molecule has 4 fully saturated rings. The smallest absolute Gasteiger partial charge is 0.311 e. The van der Waals surface area contributed by atoms with Gasteiger partial charge in [0.2, 0.25) is 0 Å². The first-order valence-electron chi connectivity index (χ1n) is 19.6. The number of hydrogen-bond donors (Lipinski definition) is 2. The van der Waals surface area contributed by atoms with Crippen molar-refractivity contribution < 1.29 is 52.4 Å². The van der Waals surface area contributed by atoms with Gasteiger partial charge in [-0.05, 0) is 84.7 Å². The number of nitrogens with two attached hydrogens (primary N) is 1. The SMILES string of the molecule is CC[C@H]1OC(=O)[C@H](C)[C@H]2OC/C(=N\OCc3ccc4oc(N)nc4c3)CO[C@@](C)(C[C@@H](C)C3OC1(C)C(=O)C3C)[C@H](O[C@@H]1O[C@H](C)C[C@H](N(C)C)[C@H]1O)[C@@H]2C. The molecule has 14 atom stereocenters. The first-order chi connectivity index (χ1) is 25.9. The molecule has 55 heavy (non-hydrogen) atoms. The van der Waals surface area contributed by atoms with E-state index in [1.54, 1.807) is 19.9 Å². The first-order valence-corrected chi connectivity index (χ1v) is 19.6. The fourth-order valence-corrected chi connectivity index (χ4v) is 9.23. The minimum absolute atomic E-state index is 0.000632. The number of anilines is 1. The van der Waals surface area contributed by atoms with Crippen molar-refractivity contribution in [1.29, 1.82) is 0 Å². The van der Waals surface area contributed by atoms with Crippen molar-refractivity contribution in [1.82, 2.24) is 9.88 Å². The van der Waals surface area contributed by atoms with E-state index >= 15 is 0 Å². The molecule has 1 aromatic heterocycles. The number of aliphatic hydroxyl groups is 1. The van der Waals surface area contributed by atoms with Crippen LogP contribution in [-0.2, 0) is 49.5 Å². The summed E-state index contributed by atoms with van der Waals surface area (Å²) in [6.45, 7) is 15.3. The molecule has 3 N–H and O–H groups in total. The number of ketones is 1. The number of oxazole rings is 1. The Hall–Kier alpha value is -3.18. The van der Waals surface area contributed by atoms with Gasteiger partial charge in [-0.25, -0.2) is 0 Å². The predicted molar refractivity (Wildman–Crippen MR) is 202 cm³/mol. The lowest BCUT2D eigenvalue weighted by Crippen LogP contribution is -2.59. The number of fused-ring (bicyclic) bond motifs is 6. The van der Waals surface area contributed by atoms with E-state index in [2.05, 4.69) is 10.1 Å². The van der Waals surface area contributed by atoms with Gasteiger partial charge in [0, 0.05) is 17.9 Å². The van der Waals surface area contributed by atoms with Gasteiger partial charge in [0.1, 0.15) is 30.0 Å². The second-order valence-electron chi connectivity index (χ2n) is 16.8. The third kappa shape index (κ3) is 8.30. The molecule has 6 rings (SSSR count). The molecule has 4 aliphatic heterocycles. The van der Waals surface area contributed by atoms with Gasteiger partial charge in [0.25, 0.3) is 6.01 Å². The van der Waals surface area contributed by atoms with E-state index in [0.717, 1.165) is 5.56 Å². The third-order valence-electron chi connectivity index (χ3n) is 12.2. The van der Waals surface area contributed by atoms with Crippen molar-refractivity contribution in [2.45, 2.75) is 141 Å². The monoisotopic (exact) mass is 772 g/mol. The number of oxime groups is 1. The van der Waals surface area contributed by atoms with E-state index in [1.165, 1.54) is 0 Å². The Balaban J connectivity index is 1.39. The van der Waals surface area contributed by atoms with E-state index in [1.807, 2.05) is 72.7 Å². The van der Waals surface area contributed by atoms with Crippen LogP contribution in [0.5, 0.6) is 0 Å². The van der Waals surface area contributed by atoms with Gasteiger partial charge in [-0.3, -0.25) is 9.59 Å². The Kier molecular flexibility index (Phi) is 12.3. The molecule has 4 aliphatic rings. The molecule has 0 aliphatic carbocycles. The number of esters is 1. The molecular weight excluding hydrogens is 712 g/mol. The fraction of sp³-hybridized carbons (Fsp3) is 0.750. The number of hydrogen-bond acceptors (Lipinski definition) is 15. The van der Waals surface area contributed by atoms with Crippen LogP contribution in [0.1, 0.15) is 80.2 Å². The highest BCUT2D eigenvalue weighted by molar-refractivity contribution is 5.92. The molecule has 0 spiro atoms. The number of likely N-dealkylation sites (N-methyl/N-ethyl adjacent to an activating group) is 1. The lowest BCUT2D eigenvalue weighted by molar-refractivity contribution is -0.302. The van der Waals surface area contributed by atoms with Gasteiger partial charge in [-0.15, -0.1) is 0 Å². The maximum Gasteiger partial charge on any atom is 0.311 e. The van der Waals surface area contributed by atoms with E-state index in [9.17, 15) is 14.7 Å². The van der Waals surface area contributed by atoms with Gasteiger partial charge in [0.15, 0.2) is 23.3 Å². The summed E-state index contributed by atoms with van der Waals surface area (Å²) < 4.78 is 45.0. The van der Waals surface area contributed by atoms with Crippen molar-refractivity contribution in [3.05, 3.63) is 23.8 Å². The van der Waals surface area contributed by atoms with Gasteiger partial charge in [0.05, 0.1) is 49.1 Å². The molecule has 3 unspecified atom stereocenters. The van der Waals surface area contributed by atoms with Crippen LogP contribution in [0.2, 0.25) is 0 Å². The largest absolute Gasteiger partial charge is 0.459 e. The molecule has 2 aromatic rings. The van der Waals surface area contributed by atoms with Crippen molar-refractivity contribution in [2.24, 2.45) is 28.8 Å². The second kappa shape index (κ2) is 16.4. The maximum atomic E-state index is 14.2. The molecule has 4 saturated heterocycles. The number of rotatable bonds is 7. The zero-order chi connectivity index (χ0) is 40.0. The summed E-state index contributed by atoms with van der Waals surface area (Å²) in [7, 11) is 3.85. The number of aromatic nitrogens is 1. The molecule has 15 nitrogen and oxygen atoms in total. The Bertz CT molecular complexity index is 1720. The number of cyclic esters (lactones) is 1. The Morgan fingerprint density at radius 3 is 2.53 bits per heavy atom. The van der Waals surface area contributed by atoms with E-state index in [0.29, 0.717) is 36.1 Å². The molecule has 1 aromatic carbocycles. The number of benzene rings is 1. The van der Waals surface area contributed by atoms with E-state index in [4.69, 9.17) is 43.4 Å². The topological polar surface area (TPSA) is 187 Å². The normalized spacial score (nSPS) is 41.3. The Morgan fingerprint density at radius 1 is 1.07 bits per heavy atom. The summed E-state index contributed by atoms with van der Waals surface area (Å²) >= 11 is 0. The summed E-state index contributed by atoms with van der Waals surface area (Å²) in [5, 5.41) is 16.1. The average Bonchev–Trinajstić information content (AvgIpc) is 3.63. The number of carbonyl (C=O) groups excluding carboxylic acids is 2. The van der Waals surface area contributed by atoms with Gasteiger partial charge in [-0.2, -0.15) is 4.98 Å². The highest BCUT2D eigenvalue weighted by atomic mass is 16.7. The molecule has 0 amide bonds. The molecule has 4 bridgehead atoms. The molecule has 0 radical (unpaired) electrons. The quantitative estimate of drug-likeness (QED) is 0.300. The van der Waals surface area contributed by atoms with Crippen LogP contribution in [0, 0.1) is 23.7 Å². The number of aliphatic hydroxyl groups excluding tert-OH is 1. The van der Waals surface area contributed by atoms with Crippen LogP contribution >= 0.6 is 0 Å². The summed E-state index contributed by atoms with van der Waals surface area (Å²) in [6, 6.07) is 5.29. The highest BCUT2D eigenvalue weighted by Gasteiger charge is 2.58. The number of carbonyl (C=O) groups is 2. The number of nitrogen functional groups attached to an aromatic ring is 1. The van der Waals surface area contributed by atoms with Crippen molar-refractivity contribution in [3.63, 3.8) is 0 Å². The van der Waals surface area contributed by atoms with Gasteiger partial charge >= 0.3 is 5.97 Å². The highest BCUT2D eigenvalue weighted by Crippen LogP contribution is 2.45. The molecule has 15 heteroatoms. The number of Topliss-reactive ketones (excluding diaryl/α,β-unsaturated/α-hetero) is 1. The van der Waals surface area contributed by atoms with Gasteiger partial charge < -0.3 is 53.4 Å². The standard InChI is InChI=1S/C40H60N4O11/c1-11-30-40(8)34(46)22(4)32(55-40)20(2)16-39(7)35(54-37-31(45)28(44(9)10)14-21(3)51-37)23(5)33(24(6)36(47)53-30)48-18-26(19-49-39)43-50-17-25-12-13-29-27(15-25)42-38(41)52-29/h12-13,15,20-24,28,30-33,35,37,45H,11,14,16-19H2,1-10H3,(H2,41,42)/b43-26+/t20-,21-,22?,23-,24-,28+,30-,31-,32?,33+,35-,37+,39+,40?/m1/s1. The van der Waals surface area contributed by atoms with Crippen LogP contribution in [0.15, 0.2) is 27.8 Å². The first kappa shape index (κ1) is 41.5. The van der Waals surface area contributed by atoms with Crippen molar-refractivity contribution in [2.75, 3.05) is 33.0 Å². The van der Waals surface area contributed by atoms with E-state index in [-0.39, 0.29) is 49.7 Å². The average molecular weight is 773 g/mol. The zero-order valence-electron chi connectivity index (χ0n) is 33.9. The lowest BCUT2D eigenvalue weighted by Gasteiger charge is -2.48. The molecule has 5 heterocycles. The van der Waals surface area contributed by atoms with Crippen LogP contribution in [0.3, 0.4) is 0 Å². The van der Waals surface area contributed by atoms with Gasteiger partial charge in [-0.1, -0.05) is 38.9 Å². The predicted octanol–water partition coefficient (Wildman–Crippen LogP) is 4.26. The Morgan fingerprint density at radius 2 is 1.82 bits per heavy atom. The lowest BCUT2D eigenvalue weighted by atomic mass is 9.75. The van der Waals surface area contributed by atoms with Crippen LogP contribution in [0.4, 0.5) is 6.01 Å². The van der Waals surface area contributed by atoms with Crippen LogP contribution < -0.4 is 5.73 Å². The van der Waals surface area contributed by atoms with Crippen molar-refractivity contribution >= 4 is 34.6 Å². The number of ether oxygens (including phenoxy) is 6. The molecule has 306 valence electrons. The summed E-state index contributed by atoms with van der Waals surface area (Å²) in [5.41, 5.74) is 5.72. The maximum absolute atomic E-state index is 14.2. The minimum atomic E-state index is -1.32. The third-order valence-corrected chi connectivity index (χ3v) is 12.2. The van der Waals surface area contributed by atoms with Crippen molar-refractivity contribution in [3.8, 4) is 0 Å². The van der Waals surface area contributed by atoms with E-state index < -0.39 is 71.7 Å². The summed E-state index contributed by atoms with van der Waals surface area (Å²) in [4.78, 5) is 40.2.